The quantitative estimate of drug-likeness (QED) is 0.870. The molecule has 0 atom stereocenters. The Morgan fingerprint density at radius 3 is 2.83 bits per heavy atom. The van der Waals surface area contributed by atoms with Crippen LogP contribution in [0.25, 0.3) is 0 Å². The zero-order valence-corrected chi connectivity index (χ0v) is 10.4. The van der Waals surface area contributed by atoms with Crippen molar-refractivity contribution >= 4 is 11.6 Å². The van der Waals surface area contributed by atoms with Crippen molar-refractivity contribution in [2.45, 2.75) is 13.0 Å². The van der Waals surface area contributed by atoms with E-state index in [1.54, 1.807) is 12.4 Å². The fourth-order valence-corrected chi connectivity index (χ4v) is 2.26. The van der Waals surface area contributed by atoms with E-state index in [1.165, 1.54) is 11.1 Å². The zero-order chi connectivity index (χ0) is 12.4. The van der Waals surface area contributed by atoms with Crippen molar-refractivity contribution in [2.75, 3.05) is 18.5 Å². The van der Waals surface area contributed by atoms with Gasteiger partial charge in [0, 0.05) is 31.7 Å². The maximum atomic E-state index is 4.27. The van der Waals surface area contributed by atoms with Crippen molar-refractivity contribution in [1.82, 2.24) is 15.3 Å². The van der Waals surface area contributed by atoms with Gasteiger partial charge in [-0.3, -0.25) is 0 Å². The number of hydrogen-bond donors (Lipinski definition) is 1. The molecule has 1 aliphatic rings. The third-order valence-electron chi connectivity index (χ3n) is 3.32. The summed E-state index contributed by atoms with van der Waals surface area (Å²) in [4.78, 5) is 10.5. The van der Waals surface area contributed by atoms with E-state index in [2.05, 4.69) is 33.5 Å². The maximum Gasteiger partial charge on any atom is 0.229 e. The van der Waals surface area contributed by atoms with Crippen LogP contribution in [0.5, 0.6) is 0 Å². The largest absolute Gasteiger partial charge is 0.314 e. The van der Waals surface area contributed by atoms with E-state index in [1.807, 2.05) is 18.0 Å². The van der Waals surface area contributed by atoms with Gasteiger partial charge in [-0.2, -0.15) is 0 Å². The molecule has 0 radical (unpaired) electrons. The summed E-state index contributed by atoms with van der Waals surface area (Å²) in [7, 11) is 1.99. The van der Waals surface area contributed by atoms with Crippen LogP contribution in [-0.2, 0) is 13.0 Å². The van der Waals surface area contributed by atoms with Gasteiger partial charge in [0.1, 0.15) is 0 Å². The molecule has 0 aliphatic carbocycles. The van der Waals surface area contributed by atoms with Gasteiger partial charge in [0.25, 0.3) is 0 Å². The van der Waals surface area contributed by atoms with Crippen LogP contribution in [0, 0.1) is 0 Å². The Labute approximate surface area is 107 Å². The summed E-state index contributed by atoms with van der Waals surface area (Å²) in [6, 6.07) is 8.40. The second-order valence-electron chi connectivity index (χ2n) is 4.49. The number of rotatable bonds is 2. The van der Waals surface area contributed by atoms with Crippen LogP contribution < -0.4 is 10.2 Å². The van der Waals surface area contributed by atoms with Gasteiger partial charge in [0.2, 0.25) is 5.95 Å². The highest BCUT2D eigenvalue weighted by molar-refractivity contribution is 5.58. The first-order chi connectivity index (χ1) is 8.84. The van der Waals surface area contributed by atoms with Gasteiger partial charge in [0.15, 0.2) is 0 Å². The molecule has 1 aromatic carbocycles. The maximum absolute atomic E-state index is 4.27. The fraction of sp³-hybridized carbons (Fsp3) is 0.286. The lowest BCUT2D eigenvalue weighted by Gasteiger charge is -2.22. The van der Waals surface area contributed by atoms with Gasteiger partial charge in [-0.25, -0.2) is 9.97 Å². The minimum Gasteiger partial charge on any atom is -0.314 e. The predicted octanol–water partition coefficient (Wildman–Crippen LogP) is 1.89. The normalized spacial score (nSPS) is 14.1. The molecular formula is C14H16N4. The van der Waals surface area contributed by atoms with E-state index in [0.29, 0.717) is 0 Å². The smallest absolute Gasteiger partial charge is 0.229 e. The average Bonchev–Trinajstić information content (AvgIpc) is 2.47. The Kier molecular flexibility index (Phi) is 2.94. The van der Waals surface area contributed by atoms with Gasteiger partial charge in [-0.15, -0.1) is 0 Å². The molecule has 0 fully saturated rings. The summed E-state index contributed by atoms with van der Waals surface area (Å²) < 4.78 is 0. The van der Waals surface area contributed by atoms with Crippen LogP contribution in [0.3, 0.4) is 0 Å². The number of nitrogens with zero attached hydrogens (tertiary/aromatic N) is 3. The molecule has 2 heterocycles. The Bertz CT molecular complexity index is 539. The molecular weight excluding hydrogens is 224 g/mol. The highest BCUT2D eigenvalue weighted by atomic mass is 15.2. The summed E-state index contributed by atoms with van der Waals surface area (Å²) in [6.07, 6.45) is 4.64. The zero-order valence-electron chi connectivity index (χ0n) is 10.4. The monoisotopic (exact) mass is 240 g/mol. The minimum absolute atomic E-state index is 0.723. The third kappa shape index (κ3) is 2.07. The average molecular weight is 240 g/mol. The van der Waals surface area contributed by atoms with Crippen LogP contribution in [-0.4, -0.2) is 23.6 Å². The summed E-state index contributed by atoms with van der Waals surface area (Å²) in [5.41, 5.74) is 3.95. The summed E-state index contributed by atoms with van der Waals surface area (Å²) in [5.74, 6) is 0.723. The van der Waals surface area contributed by atoms with Crippen molar-refractivity contribution in [3.8, 4) is 0 Å². The van der Waals surface area contributed by atoms with Gasteiger partial charge in [0.05, 0.1) is 0 Å². The second-order valence-corrected chi connectivity index (χ2v) is 4.49. The SMILES string of the molecule is CN(c1ccc2c(c1)CNCC2)c1ncccn1. The lowest BCUT2D eigenvalue weighted by molar-refractivity contribution is 0.644. The van der Waals surface area contributed by atoms with E-state index in [9.17, 15) is 0 Å². The molecule has 0 saturated heterocycles. The molecule has 92 valence electrons. The van der Waals surface area contributed by atoms with E-state index in [4.69, 9.17) is 0 Å². The highest BCUT2D eigenvalue weighted by Gasteiger charge is 2.12. The number of anilines is 2. The van der Waals surface area contributed by atoms with Crippen LogP contribution >= 0.6 is 0 Å². The highest BCUT2D eigenvalue weighted by Crippen LogP contribution is 2.24. The molecule has 4 nitrogen and oxygen atoms in total. The topological polar surface area (TPSA) is 41.0 Å². The molecule has 1 N–H and O–H groups in total. The Balaban J connectivity index is 1.93. The van der Waals surface area contributed by atoms with Crippen molar-refractivity contribution in [2.24, 2.45) is 0 Å². The summed E-state index contributed by atoms with van der Waals surface area (Å²) >= 11 is 0. The van der Waals surface area contributed by atoms with Crippen LogP contribution in [0.2, 0.25) is 0 Å². The van der Waals surface area contributed by atoms with Crippen molar-refractivity contribution < 1.29 is 0 Å². The number of aromatic nitrogens is 2. The lowest BCUT2D eigenvalue weighted by Crippen LogP contribution is -2.24. The van der Waals surface area contributed by atoms with Gasteiger partial charge >= 0.3 is 0 Å². The van der Waals surface area contributed by atoms with Crippen molar-refractivity contribution in [3.05, 3.63) is 47.8 Å². The predicted molar refractivity (Wildman–Crippen MR) is 71.9 cm³/mol. The Morgan fingerprint density at radius 1 is 1.17 bits per heavy atom. The number of fused-ring (bicyclic) bond motifs is 1. The first-order valence-corrected chi connectivity index (χ1v) is 6.18. The second kappa shape index (κ2) is 4.74. The standard InChI is InChI=1S/C14H16N4/c1-18(14-16-6-2-7-17-14)13-4-3-11-5-8-15-10-12(11)9-13/h2-4,6-7,9,15H,5,8,10H2,1H3. The molecule has 4 heteroatoms. The molecule has 0 bridgehead atoms. The molecule has 0 spiro atoms. The number of benzene rings is 1. The van der Waals surface area contributed by atoms with Gasteiger partial charge in [-0.05, 0) is 42.3 Å². The number of hydrogen-bond acceptors (Lipinski definition) is 4. The Hall–Kier alpha value is -1.94. The molecule has 0 saturated carbocycles. The molecule has 18 heavy (non-hydrogen) atoms. The number of nitrogens with one attached hydrogen (secondary N) is 1. The third-order valence-corrected chi connectivity index (χ3v) is 3.32. The van der Waals surface area contributed by atoms with Crippen LogP contribution in [0.15, 0.2) is 36.7 Å². The van der Waals surface area contributed by atoms with Gasteiger partial charge in [-0.1, -0.05) is 6.07 Å². The lowest BCUT2D eigenvalue weighted by atomic mass is 10.0. The molecule has 1 aliphatic heterocycles. The minimum atomic E-state index is 0.723. The summed E-state index contributed by atoms with van der Waals surface area (Å²) in [6.45, 7) is 2.02. The van der Waals surface area contributed by atoms with Crippen molar-refractivity contribution in [3.63, 3.8) is 0 Å². The van der Waals surface area contributed by atoms with Crippen LogP contribution in [0.4, 0.5) is 11.6 Å². The van der Waals surface area contributed by atoms with E-state index >= 15 is 0 Å². The summed E-state index contributed by atoms with van der Waals surface area (Å²) in [5, 5.41) is 3.40. The molecule has 3 rings (SSSR count). The van der Waals surface area contributed by atoms with Gasteiger partial charge < -0.3 is 10.2 Å². The first-order valence-electron chi connectivity index (χ1n) is 6.18. The van der Waals surface area contributed by atoms with Crippen molar-refractivity contribution in [1.29, 1.82) is 0 Å². The fourth-order valence-electron chi connectivity index (χ4n) is 2.26. The van der Waals surface area contributed by atoms with Crippen LogP contribution in [0.1, 0.15) is 11.1 Å². The molecule has 0 amide bonds. The molecule has 2 aromatic rings. The van der Waals surface area contributed by atoms with E-state index < -0.39 is 0 Å². The first kappa shape index (κ1) is 11.2. The van der Waals surface area contributed by atoms with E-state index in [-0.39, 0.29) is 0 Å². The molecule has 0 unspecified atom stereocenters. The van der Waals surface area contributed by atoms with E-state index in [0.717, 1.165) is 31.1 Å². The Morgan fingerprint density at radius 2 is 2.00 bits per heavy atom. The molecule has 1 aromatic heterocycles.